The quantitative estimate of drug-likeness (QED) is 0.724. The van der Waals surface area contributed by atoms with Gasteiger partial charge in [-0.3, -0.25) is 0 Å². The third-order valence-electron chi connectivity index (χ3n) is 2.94. The highest BCUT2D eigenvalue weighted by atomic mass is 32.2. The maximum absolute atomic E-state index is 14.3. The van der Waals surface area contributed by atoms with Gasteiger partial charge in [-0.2, -0.15) is 17.6 Å². The number of hydrogen-bond donors (Lipinski definition) is 0. The molecule has 0 heterocycles. The van der Waals surface area contributed by atoms with Crippen LogP contribution in [0.4, 0.5) is 17.6 Å². The minimum Gasteiger partial charge on any atom is -0.247 e. The van der Waals surface area contributed by atoms with Gasteiger partial charge in [0.25, 0.3) is 0 Å². The van der Waals surface area contributed by atoms with Crippen LogP contribution < -0.4 is 0 Å². The summed E-state index contributed by atoms with van der Waals surface area (Å²) < 4.78 is 65.9. The van der Waals surface area contributed by atoms with Crippen molar-refractivity contribution in [2.24, 2.45) is 0 Å². The lowest BCUT2D eigenvalue weighted by Crippen LogP contribution is -2.14. The van der Waals surface area contributed by atoms with E-state index < -0.39 is 27.7 Å². The summed E-state index contributed by atoms with van der Waals surface area (Å²) in [6.45, 7) is 1.77. The van der Waals surface area contributed by atoms with E-state index in [0.717, 1.165) is 17.7 Å². The van der Waals surface area contributed by atoms with Gasteiger partial charge in [-0.25, -0.2) is 4.21 Å². The van der Waals surface area contributed by atoms with Crippen LogP contribution in [0.25, 0.3) is 5.57 Å². The first kappa shape index (κ1) is 16.4. The summed E-state index contributed by atoms with van der Waals surface area (Å²) >= 11 is 0. The number of benzene rings is 2. The highest BCUT2D eigenvalue weighted by Gasteiger charge is 2.39. The van der Waals surface area contributed by atoms with Gasteiger partial charge >= 0.3 is 6.18 Å². The van der Waals surface area contributed by atoms with E-state index in [2.05, 4.69) is 0 Å². The zero-order valence-corrected chi connectivity index (χ0v) is 12.3. The molecule has 0 fully saturated rings. The molecule has 0 N–H and O–H groups in total. The molecule has 116 valence electrons. The molecule has 1 nitrogen and oxygen atoms in total. The molecule has 6 heteroatoms. The molecule has 0 aliphatic heterocycles. The Bertz CT molecular complexity index is 703. The van der Waals surface area contributed by atoms with E-state index in [1.165, 1.54) is 30.3 Å². The van der Waals surface area contributed by atoms with E-state index in [0.29, 0.717) is 0 Å². The lowest BCUT2D eigenvalue weighted by molar-refractivity contribution is -0.0697. The molecule has 0 bridgehead atoms. The molecule has 1 unspecified atom stereocenters. The second kappa shape index (κ2) is 6.44. The fourth-order valence-electron chi connectivity index (χ4n) is 1.85. The van der Waals surface area contributed by atoms with Gasteiger partial charge in [0.2, 0.25) is 5.16 Å². The normalized spacial score (nSPS) is 14.4. The second-order valence-corrected chi connectivity index (χ2v) is 5.96. The van der Waals surface area contributed by atoms with Crippen LogP contribution >= 0.6 is 0 Å². The van der Waals surface area contributed by atoms with Crippen molar-refractivity contribution < 1.29 is 21.8 Å². The molecule has 0 saturated heterocycles. The lowest BCUT2D eigenvalue weighted by Gasteiger charge is -2.13. The summed E-state index contributed by atoms with van der Waals surface area (Å²) in [5.74, 6) is 0. The maximum Gasteiger partial charge on any atom is 0.420 e. The molecule has 0 aliphatic rings. The number of aryl methyl sites for hydroxylation is 1. The van der Waals surface area contributed by atoms with Gasteiger partial charge in [0.1, 0.15) is 16.4 Å². The standard InChI is InChI=1S/C16H12F4OS/c1-11-7-9-13(10-8-11)22(21)15(17)14(16(18,19)20)12-5-3-2-4-6-12/h2-10H,1H3/b15-14+. The predicted molar refractivity (Wildman–Crippen MR) is 78.1 cm³/mol. The van der Waals surface area contributed by atoms with Gasteiger partial charge in [-0.1, -0.05) is 48.0 Å². The fraction of sp³-hybridized carbons (Fsp3) is 0.125. The molecule has 0 radical (unpaired) electrons. The maximum atomic E-state index is 14.3. The van der Waals surface area contributed by atoms with Crippen molar-refractivity contribution in [2.45, 2.75) is 18.0 Å². The van der Waals surface area contributed by atoms with Crippen LogP contribution in [-0.4, -0.2) is 10.4 Å². The Morgan fingerprint density at radius 2 is 1.50 bits per heavy atom. The molecule has 1 atom stereocenters. The van der Waals surface area contributed by atoms with Gasteiger partial charge < -0.3 is 0 Å². The van der Waals surface area contributed by atoms with Crippen LogP contribution in [0.3, 0.4) is 0 Å². The molecule has 0 aromatic heterocycles. The molecular formula is C16H12F4OS. The highest BCUT2D eigenvalue weighted by Crippen LogP contribution is 2.38. The van der Waals surface area contributed by atoms with E-state index in [1.807, 2.05) is 0 Å². The average Bonchev–Trinajstić information content (AvgIpc) is 2.47. The molecular weight excluding hydrogens is 316 g/mol. The van der Waals surface area contributed by atoms with Crippen molar-refractivity contribution >= 4 is 16.4 Å². The van der Waals surface area contributed by atoms with Crippen molar-refractivity contribution in [3.63, 3.8) is 0 Å². The van der Waals surface area contributed by atoms with Crippen molar-refractivity contribution in [1.29, 1.82) is 0 Å². The third kappa shape index (κ3) is 3.62. The van der Waals surface area contributed by atoms with Crippen LogP contribution in [0, 0.1) is 6.92 Å². The van der Waals surface area contributed by atoms with E-state index in [9.17, 15) is 21.8 Å². The Kier molecular flexibility index (Phi) is 4.81. The summed E-state index contributed by atoms with van der Waals surface area (Å²) in [7, 11) is -2.52. The average molecular weight is 328 g/mol. The molecule has 0 spiro atoms. The fourth-order valence-corrected chi connectivity index (χ4v) is 2.86. The summed E-state index contributed by atoms with van der Waals surface area (Å²) in [6.07, 6.45) is -4.94. The Labute approximate surface area is 127 Å². The van der Waals surface area contributed by atoms with Gasteiger partial charge in [-0.05, 0) is 24.6 Å². The summed E-state index contributed by atoms with van der Waals surface area (Å²) in [5.41, 5.74) is -1.02. The van der Waals surface area contributed by atoms with Gasteiger partial charge in [-0.15, -0.1) is 0 Å². The van der Waals surface area contributed by atoms with Crippen LogP contribution in [0.15, 0.2) is 64.7 Å². The van der Waals surface area contributed by atoms with Crippen LogP contribution in [0.5, 0.6) is 0 Å². The van der Waals surface area contributed by atoms with E-state index in [-0.39, 0.29) is 10.5 Å². The Morgan fingerprint density at radius 1 is 0.955 bits per heavy atom. The summed E-state index contributed by atoms with van der Waals surface area (Å²) in [6, 6.07) is 12.3. The van der Waals surface area contributed by atoms with Crippen molar-refractivity contribution in [1.82, 2.24) is 0 Å². The first-order valence-electron chi connectivity index (χ1n) is 6.31. The first-order chi connectivity index (χ1) is 10.3. The highest BCUT2D eigenvalue weighted by molar-refractivity contribution is 7.89. The van der Waals surface area contributed by atoms with Crippen molar-refractivity contribution in [2.75, 3.05) is 0 Å². The Hall–Kier alpha value is -1.95. The third-order valence-corrected chi connectivity index (χ3v) is 4.17. The number of allylic oxidation sites excluding steroid dienone is 1. The topological polar surface area (TPSA) is 17.1 Å². The van der Waals surface area contributed by atoms with Crippen LogP contribution in [0.1, 0.15) is 11.1 Å². The predicted octanol–water partition coefficient (Wildman–Crippen LogP) is 5.00. The SMILES string of the molecule is Cc1ccc(S(=O)/C(F)=C(\c2ccccc2)C(F)(F)F)cc1. The lowest BCUT2D eigenvalue weighted by atomic mass is 10.1. The largest absolute Gasteiger partial charge is 0.420 e. The molecule has 2 aromatic carbocycles. The molecule has 0 aliphatic carbocycles. The van der Waals surface area contributed by atoms with Crippen LogP contribution in [-0.2, 0) is 10.8 Å². The van der Waals surface area contributed by atoms with Crippen molar-refractivity contribution in [3.05, 3.63) is 70.9 Å². The number of halogens is 4. The molecule has 22 heavy (non-hydrogen) atoms. The van der Waals surface area contributed by atoms with Gasteiger partial charge in [0.05, 0.1) is 0 Å². The molecule has 0 amide bonds. The monoisotopic (exact) mass is 328 g/mol. The Balaban J connectivity index is 2.55. The number of alkyl halides is 3. The minimum absolute atomic E-state index is 0.0132. The smallest absolute Gasteiger partial charge is 0.247 e. The van der Waals surface area contributed by atoms with Crippen LogP contribution in [0.2, 0.25) is 0 Å². The van der Waals surface area contributed by atoms with E-state index in [4.69, 9.17) is 0 Å². The van der Waals surface area contributed by atoms with Crippen molar-refractivity contribution in [3.8, 4) is 0 Å². The van der Waals surface area contributed by atoms with Gasteiger partial charge in [0.15, 0.2) is 0 Å². The van der Waals surface area contributed by atoms with Gasteiger partial charge in [0, 0.05) is 4.90 Å². The van der Waals surface area contributed by atoms with E-state index >= 15 is 0 Å². The number of hydrogen-bond acceptors (Lipinski definition) is 1. The molecule has 0 saturated carbocycles. The summed E-state index contributed by atoms with van der Waals surface area (Å²) in [5, 5.41) is -1.69. The Morgan fingerprint density at radius 3 is 2.00 bits per heavy atom. The zero-order chi connectivity index (χ0) is 16.3. The second-order valence-electron chi connectivity index (χ2n) is 4.59. The molecule has 2 aromatic rings. The summed E-state index contributed by atoms with van der Waals surface area (Å²) in [4.78, 5) is -0.0132. The minimum atomic E-state index is -4.94. The molecule has 2 rings (SSSR count). The van der Waals surface area contributed by atoms with E-state index in [1.54, 1.807) is 19.1 Å². The first-order valence-corrected chi connectivity index (χ1v) is 7.46. The number of rotatable bonds is 3. The zero-order valence-electron chi connectivity index (χ0n) is 11.5.